The largest absolute Gasteiger partial charge is 0.451 e. The molecule has 0 aliphatic carbocycles. The number of esters is 1. The van der Waals surface area contributed by atoms with Gasteiger partial charge in [-0.2, -0.15) is 21.6 Å². The number of aryl methyl sites for hydroxylation is 1. The number of hydrogen-bond acceptors (Lipinski definition) is 5. The van der Waals surface area contributed by atoms with Crippen molar-refractivity contribution < 1.29 is 35.3 Å². The molecular weight excluding hydrogens is 361 g/mol. The molecule has 9 heteroatoms. The molecule has 1 aromatic carbocycles. The third-order valence-electron chi connectivity index (χ3n) is 3.29. The van der Waals surface area contributed by atoms with E-state index >= 15 is 0 Å². The van der Waals surface area contributed by atoms with E-state index in [4.69, 9.17) is 0 Å². The molecule has 0 N–H and O–H groups in total. The van der Waals surface area contributed by atoms with Crippen molar-refractivity contribution in [2.75, 3.05) is 12.9 Å². The van der Waals surface area contributed by atoms with Crippen LogP contribution in [-0.4, -0.2) is 39.5 Å². The van der Waals surface area contributed by atoms with Crippen LogP contribution in [0.3, 0.4) is 0 Å². The van der Waals surface area contributed by atoms with Crippen LogP contribution in [0.25, 0.3) is 5.57 Å². The zero-order valence-electron chi connectivity index (χ0n) is 13.8. The number of halogens is 3. The molecule has 140 valence electrons. The first kappa shape index (κ1) is 21.2. The van der Waals surface area contributed by atoms with E-state index in [2.05, 4.69) is 15.5 Å². The Hall–Kier alpha value is -1.87. The Labute approximate surface area is 144 Å². The van der Waals surface area contributed by atoms with Gasteiger partial charge < -0.3 is 4.74 Å². The second-order valence-corrected chi connectivity index (χ2v) is 7.17. The van der Waals surface area contributed by atoms with Crippen LogP contribution in [0.2, 0.25) is 0 Å². The molecule has 0 aliphatic heterocycles. The Kier molecular flexibility index (Phi) is 7.18. The predicted octanol–water partition coefficient (Wildman–Crippen LogP) is 3.10. The van der Waals surface area contributed by atoms with E-state index in [1.807, 2.05) is 6.07 Å². The summed E-state index contributed by atoms with van der Waals surface area (Å²) in [5.41, 5.74) is 2.39. The standard InChI is InChI=1S/C16H19F3O5S/c1-11(2)13-6-4-5-12(9-13)7-8-15(20)24-14(16(17,18)19)10-25(21,22)23-3/h4-6,9,14H,1,7-8,10H2,2-3H3. The number of benzene rings is 1. The fourth-order valence-corrected chi connectivity index (χ4v) is 2.67. The third kappa shape index (κ3) is 7.27. The average Bonchev–Trinajstić information content (AvgIpc) is 2.51. The summed E-state index contributed by atoms with van der Waals surface area (Å²) in [5, 5.41) is 0. The van der Waals surface area contributed by atoms with Gasteiger partial charge in [-0.25, -0.2) is 0 Å². The van der Waals surface area contributed by atoms with Crippen LogP contribution in [0.1, 0.15) is 24.5 Å². The van der Waals surface area contributed by atoms with Gasteiger partial charge in [0.15, 0.2) is 0 Å². The van der Waals surface area contributed by atoms with Crippen molar-refractivity contribution in [1.29, 1.82) is 0 Å². The van der Waals surface area contributed by atoms with Gasteiger partial charge in [-0.15, -0.1) is 0 Å². The first-order valence-corrected chi connectivity index (χ1v) is 8.81. The second-order valence-electron chi connectivity index (χ2n) is 5.39. The molecule has 0 spiro atoms. The Morgan fingerprint density at radius 2 is 1.96 bits per heavy atom. The number of hydrogen-bond donors (Lipinski definition) is 0. The summed E-state index contributed by atoms with van der Waals surface area (Å²) in [6.07, 6.45) is -7.95. The zero-order valence-corrected chi connectivity index (χ0v) is 14.6. The minimum atomic E-state index is -5.01. The Bertz CT molecular complexity index is 726. The van der Waals surface area contributed by atoms with Crippen molar-refractivity contribution >= 4 is 21.7 Å². The number of alkyl halides is 3. The normalized spacial score (nSPS) is 13.3. The molecule has 0 aliphatic rings. The highest BCUT2D eigenvalue weighted by molar-refractivity contribution is 7.86. The SMILES string of the molecule is C=C(C)c1cccc(CCC(=O)OC(CS(=O)(=O)OC)C(F)(F)F)c1. The van der Waals surface area contributed by atoms with E-state index < -0.39 is 34.1 Å². The average molecular weight is 380 g/mol. The lowest BCUT2D eigenvalue weighted by Crippen LogP contribution is -2.40. The summed E-state index contributed by atoms with van der Waals surface area (Å²) in [4.78, 5) is 11.7. The van der Waals surface area contributed by atoms with Gasteiger partial charge in [-0.3, -0.25) is 8.98 Å². The minimum absolute atomic E-state index is 0.154. The molecule has 0 amide bonds. The summed E-state index contributed by atoms with van der Waals surface area (Å²) in [7, 11) is -3.70. The molecule has 1 atom stereocenters. The topological polar surface area (TPSA) is 69.7 Å². The molecule has 25 heavy (non-hydrogen) atoms. The van der Waals surface area contributed by atoms with Crippen molar-refractivity contribution in [3.8, 4) is 0 Å². The maximum Gasteiger partial charge on any atom is 0.426 e. The van der Waals surface area contributed by atoms with E-state index in [0.29, 0.717) is 0 Å². The van der Waals surface area contributed by atoms with Gasteiger partial charge in [0.05, 0.1) is 7.11 Å². The highest BCUT2D eigenvalue weighted by atomic mass is 32.2. The molecule has 1 aromatic rings. The molecule has 5 nitrogen and oxygen atoms in total. The zero-order chi connectivity index (χ0) is 19.3. The molecule has 0 heterocycles. The molecule has 1 unspecified atom stereocenters. The van der Waals surface area contributed by atoms with E-state index in [-0.39, 0.29) is 12.8 Å². The molecular formula is C16H19F3O5S. The molecule has 0 saturated heterocycles. The fourth-order valence-electron chi connectivity index (χ4n) is 1.91. The second kappa shape index (κ2) is 8.48. The van der Waals surface area contributed by atoms with Gasteiger partial charge in [-0.05, 0) is 24.5 Å². The van der Waals surface area contributed by atoms with Gasteiger partial charge in [0.1, 0.15) is 5.75 Å². The van der Waals surface area contributed by atoms with Crippen molar-refractivity contribution in [3.63, 3.8) is 0 Å². The van der Waals surface area contributed by atoms with Crippen LogP contribution in [0.4, 0.5) is 13.2 Å². The van der Waals surface area contributed by atoms with Crippen molar-refractivity contribution in [3.05, 3.63) is 42.0 Å². The van der Waals surface area contributed by atoms with Gasteiger partial charge in [0.2, 0.25) is 6.10 Å². The van der Waals surface area contributed by atoms with Gasteiger partial charge >= 0.3 is 12.1 Å². The van der Waals surface area contributed by atoms with Crippen LogP contribution in [-0.2, 0) is 30.3 Å². The highest BCUT2D eigenvalue weighted by Crippen LogP contribution is 2.25. The van der Waals surface area contributed by atoms with Crippen molar-refractivity contribution in [2.45, 2.75) is 32.0 Å². The summed E-state index contributed by atoms with van der Waals surface area (Å²) in [6.45, 7) is 5.59. The Morgan fingerprint density at radius 3 is 2.48 bits per heavy atom. The maximum absolute atomic E-state index is 12.8. The summed E-state index contributed by atoms with van der Waals surface area (Å²) in [5.74, 6) is -2.63. The first-order chi connectivity index (χ1) is 11.4. The molecule has 1 rings (SSSR count). The van der Waals surface area contributed by atoms with Crippen LogP contribution >= 0.6 is 0 Å². The highest BCUT2D eigenvalue weighted by Gasteiger charge is 2.45. The van der Waals surface area contributed by atoms with Crippen molar-refractivity contribution in [1.82, 2.24) is 0 Å². The monoisotopic (exact) mass is 380 g/mol. The summed E-state index contributed by atoms with van der Waals surface area (Å²) >= 11 is 0. The van der Waals surface area contributed by atoms with Crippen LogP contribution in [0.5, 0.6) is 0 Å². The molecule has 0 bridgehead atoms. The first-order valence-electron chi connectivity index (χ1n) is 7.24. The lowest BCUT2D eigenvalue weighted by Gasteiger charge is -2.20. The number of carbonyl (C=O) groups excluding carboxylic acids is 1. The minimum Gasteiger partial charge on any atom is -0.451 e. The quantitative estimate of drug-likeness (QED) is 0.512. The number of ether oxygens (including phenoxy) is 1. The van der Waals surface area contributed by atoms with Crippen LogP contribution < -0.4 is 0 Å². The summed E-state index contributed by atoms with van der Waals surface area (Å²) in [6, 6.07) is 7.05. The van der Waals surface area contributed by atoms with E-state index in [1.54, 1.807) is 25.1 Å². The number of carbonyl (C=O) groups is 1. The van der Waals surface area contributed by atoms with Gasteiger partial charge in [-0.1, -0.05) is 36.4 Å². The Morgan fingerprint density at radius 1 is 1.32 bits per heavy atom. The van der Waals surface area contributed by atoms with Crippen molar-refractivity contribution in [2.24, 2.45) is 0 Å². The van der Waals surface area contributed by atoms with Gasteiger partial charge in [0, 0.05) is 6.42 Å². The lowest BCUT2D eigenvalue weighted by atomic mass is 10.0. The molecule has 0 saturated carbocycles. The molecule has 0 fully saturated rings. The van der Waals surface area contributed by atoms with E-state index in [1.165, 1.54) is 0 Å². The number of allylic oxidation sites excluding steroid dienone is 1. The fraction of sp³-hybridized carbons (Fsp3) is 0.438. The summed E-state index contributed by atoms with van der Waals surface area (Å²) < 4.78 is 69.2. The maximum atomic E-state index is 12.8. The van der Waals surface area contributed by atoms with Crippen LogP contribution in [0, 0.1) is 0 Å². The smallest absolute Gasteiger partial charge is 0.426 e. The van der Waals surface area contributed by atoms with Gasteiger partial charge in [0.25, 0.3) is 10.1 Å². The molecule has 0 radical (unpaired) electrons. The molecule has 0 aromatic heterocycles. The lowest BCUT2D eigenvalue weighted by molar-refractivity contribution is -0.215. The third-order valence-corrected chi connectivity index (χ3v) is 4.50. The van der Waals surface area contributed by atoms with Crippen LogP contribution in [0.15, 0.2) is 30.8 Å². The number of rotatable bonds is 8. The Balaban J connectivity index is 2.72. The van der Waals surface area contributed by atoms with E-state index in [0.717, 1.165) is 23.8 Å². The van der Waals surface area contributed by atoms with E-state index in [9.17, 15) is 26.4 Å². The predicted molar refractivity (Wildman–Crippen MR) is 86.2 cm³/mol.